The van der Waals surface area contributed by atoms with Crippen molar-refractivity contribution < 1.29 is 19.1 Å². The molecule has 1 atom stereocenters. The molecule has 0 aliphatic carbocycles. The van der Waals surface area contributed by atoms with E-state index < -0.39 is 5.97 Å². The van der Waals surface area contributed by atoms with Crippen molar-refractivity contribution in [1.82, 2.24) is 4.90 Å². The van der Waals surface area contributed by atoms with Gasteiger partial charge in [0.2, 0.25) is 5.76 Å². The highest BCUT2D eigenvalue weighted by molar-refractivity contribution is 5.93. The molecule has 120 valence electrons. The number of carboxylic acids is 1. The van der Waals surface area contributed by atoms with E-state index in [9.17, 15) is 9.59 Å². The highest BCUT2D eigenvalue weighted by Crippen LogP contribution is 2.32. The summed E-state index contributed by atoms with van der Waals surface area (Å²) in [6, 6.07) is 11.0. The van der Waals surface area contributed by atoms with E-state index in [2.05, 4.69) is 12.1 Å². The van der Waals surface area contributed by atoms with Gasteiger partial charge in [0.1, 0.15) is 0 Å². The van der Waals surface area contributed by atoms with Gasteiger partial charge in [-0.3, -0.25) is 4.79 Å². The summed E-state index contributed by atoms with van der Waals surface area (Å²) in [5, 5.41) is 8.93. The Morgan fingerprint density at radius 3 is 2.43 bits per heavy atom. The third-order valence-electron chi connectivity index (χ3n) is 4.25. The van der Waals surface area contributed by atoms with Crippen LogP contribution in [-0.4, -0.2) is 28.4 Å². The molecule has 0 spiro atoms. The van der Waals surface area contributed by atoms with Crippen molar-refractivity contribution in [2.24, 2.45) is 0 Å². The predicted molar refractivity (Wildman–Crippen MR) is 84.5 cm³/mol. The van der Waals surface area contributed by atoms with Gasteiger partial charge in [-0.15, -0.1) is 0 Å². The van der Waals surface area contributed by atoms with Crippen LogP contribution in [0.5, 0.6) is 0 Å². The lowest BCUT2D eigenvalue weighted by molar-refractivity contribution is 0.0568. The monoisotopic (exact) mass is 313 g/mol. The van der Waals surface area contributed by atoms with Crippen LogP contribution in [-0.2, 0) is 0 Å². The Labute approximate surface area is 134 Å². The van der Waals surface area contributed by atoms with Crippen LogP contribution in [0.2, 0.25) is 0 Å². The van der Waals surface area contributed by atoms with E-state index in [1.807, 2.05) is 19.1 Å². The zero-order valence-electron chi connectivity index (χ0n) is 13.0. The Kier molecular flexibility index (Phi) is 4.19. The first-order chi connectivity index (χ1) is 11.1. The summed E-state index contributed by atoms with van der Waals surface area (Å²) < 4.78 is 5.17. The van der Waals surface area contributed by atoms with Gasteiger partial charge in [-0.25, -0.2) is 4.79 Å². The minimum absolute atomic E-state index is 0.00947. The highest BCUT2D eigenvalue weighted by Gasteiger charge is 2.30. The van der Waals surface area contributed by atoms with Crippen molar-refractivity contribution in [2.75, 3.05) is 6.54 Å². The molecular formula is C18H19NO4. The maximum atomic E-state index is 12.7. The zero-order valence-corrected chi connectivity index (χ0v) is 13.0. The molecule has 0 bridgehead atoms. The molecule has 1 N–H and O–H groups in total. The second-order valence-corrected chi connectivity index (χ2v) is 5.89. The fourth-order valence-electron chi connectivity index (χ4n) is 3.02. The quantitative estimate of drug-likeness (QED) is 0.939. The van der Waals surface area contributed by atoms with Gasteiger partial charge in [0, 0.05) is 6.54 Å². The molecule has 1 aliphatic rings. The number of carbonyl (C=O) groups excluding carboxylic acids is 1. The van der Waals surface area contributed by atoms with E-state index in [4.69, 9.17) is 9.52 Å². The number of likely N-dealkylation sites (tertiary alicyclic amines) is 1. The van der Waals surface area contributed by atoms with Crippen LogP contribution in [0.25, 0.3) is 0 Å². The Morgan fingerprint density at radius 1 is 1.09 bits per heavy atom. The summed E-state index contributed by atoms with van der Waals surface area (Å²) in [4.78, 5) is 25.4. The molecule has 2 aromatic rings. The molecule has 23 heavy (non-hydrogen) atoms. The van der Waals surface area contributed by atoms with Gasteiger partial charge >= 0.3 is 5.97 Å². The Morgan fingerprint density at radius 2 is 1.78 bits per heavy atom. The smallest absolute Gasteiger partial charge is 0.371 e. The Balaban J connectivity index is 1.86. The van der Waals surface area contributed by atoms with Crippen LogP contribution in [0.4, 0.5) is 0 Å². The summed E-state index contributed by atoms with van der Waals surface area (Å²) in [5.74, 6) is -1.54. The number of aryl methyl sites for hydroxylation is 1. The second-order valence-electron chi connectivity index (χ2n) is 5.89. The number of piperidine rings is 1. The van der Waals surface area contributed by atoms with Gasteiger partial charge in [0.25, 0.3) is 5.91 Å². The van der Waals surface area contributed by atoms with E-state index >= 15 is 0 Å². The van der Waals surface area contributed by atoms with Crippen molar-refractivity contribution in [3.05, 3.63) is 59.0 Å². The normalized spacial score (nSPS) is 18.0. The molecule has 0 radical (unpaired) electrons. The van der Waals surface area contributed by atoms with Gasteiger partial charge in [-0.05, 0) is 43.9 Å². The van der Waals surface area contributed by atoms with Gasteiger partial charge in [0.15, 0.2) is 5.76 Å². The molecule has 2 heterocycles. The first-order valence-corrected chi connectivity index (χ1v) is 7.77. The minimum atomic E-state index is -1.17. The topological polar surface area (TPSA) is 70.8 Å². The number of hydrogen-bond donors (Lipinski definition) is 1. The number of carbonyl (C=O) groups is 2. The lowest BCUT2D eigenvalue weighted by Gasteiger charge is -2.35. The number of furan rings is 1. The summed E-state index contributed by atoms with van der Waals surface area (Å²) in [5.41, 5.74) is 2.29. The first-order valence-electron chi connectivity index (χ1n) is 7.77. The number of carboxylic acid groups (broad SMARTS) is 1. The molecule has 1 aromatic heterocycles. The number of aromatic carboxylic acids is 1. The van der Waals surface area contributed by atoms with Crippen molar-refractivity contribution in [3.63, 3.8) is 0 Å². The van der Waals surface area contributed by atoms with Crippen LogP contribution in [0.3, 0.4) is 0 Å². The molecule has 1 saturated heterocycles. The predicted octanol–water partition coefficient (Wildman–Crippen LogP) is 3.65. The first kappa shape index (κ1) is 15.3. The lowest BCUT2D eigenvalue weighted by Crippen LogP contribution is -2.38. The van der Waals surface area contributed by atoms with Crippen molar-refractivity contribution in [3.8, 4) is 0 Å². The van der Waals surface area contributed by atoms with Gasteiger partial charge < -0.3 is 14.4 Å². The molecule has 5 nitrogen and oxygen atoms in total. The van der Waals surface area contributed by atoms with E-state index in [1.54, 1.807) is 4.90 Å². The van der Waals surface area contributed by atoms with Crippen molar-refractivity contribution >= 4 is 11.9 Å². The van der Waals surface area contributed by atoms with Crippen LogP contribution in [0, 0.1) is 6.92 Å². The summed E-state index contributed by atoms with van der Waals surface area (Å²) >= 11 is 0. The molecule has 1 fully saturated rings. The fraction of sp³-hybridized carbons (Fsp3) is 0.333. The molecule has 1 amide bonds. The largest absolute Gasteiger partial charge is 0.475 e. The Hall–Kier alpha value is -2.56. The number of hydrogen-bond acceptors (Lipinski definition) is 3. The zero-order chi connectivity index (χ0) is 16.4. The molecule has 1 unspecified atom stereocenters. The molecule has 5 heteroatoms. The molecular weight excluding hydrogens is 294 g/mol. The van der Waals surface area contributed by atoms with Crippen LogP contribution in [0.1, 0.15) is 57.5 Å². The van der Waals surface area contributed by atoms with Gasteiger partial charge in [-0.2, -0.15) is 0 Å². The molecule has 3 rings (SSSR count). The van der Waals surface area contributed by atoms with E-state index in [0.29, 0.717) is 6.54 Å². The van der Waals surface area contributed by atoms with Crippen LogP contribution in [0.15, 0.2) is 40.8 Å². The summed E-state index contributed by atoms with van der Waals surface area (Å²) in [6.45, 7) is 2.68. The minimum Gasteiger partial charge on any atom is -0.475 e. The standard InChI is InChI=1S/C18H19NO4/c1-12-5-7-13(8-6-12)14-4-2-3-11-19(14)17(20)15-9-10-16(23-15)18(21)22/h5-10,14H,2-4,11H2,1H3,(H,21,22). The Bertz CT molecular complexity index is 717. The molecule has 0 saturated carbocycles. The van der Waals surface area contributed by atoms with E-state index in [1.165, 1.54) is 17.7 Å². The average molecular weight is 313 g/mol. The second kappa shape index (κ2) is 6.28. The lowest BCUT2D eigenvalue weighted by atomic mass is 9.94. The average Bonchev–Trinajstić information content (AvgIpc) is 3.05. The summed E-state index contributed by atoms with van der Waals surface area (Å²) in [7, 11) is 0. The van der Waals surface area contributed by atoms with Crippen molar-refractivity contribution in [2.45, 2.75) is 32.2 Å². The third-order valence-corrected chi connectivity index (χ3v) is 4.25. The third kappa shape index (κ3) is 3.13. The SMILES string of the molecule is Cc1ccc(C2CCCCN2C(=O)c2ccc(C(=O)O)o2)cc1. The number of rotatable bonds is 3. The number of benzene rings is 1. The van der Waals surface area contributed by atoms with Crippen LogP contribution < -0.4 is 0 Å². The highest BCUT2D eigenvalue weighted by atomic mass is 16.4. The number of nitrogens with zero attached hydrogens (tertiary/aromatic N) is 1. The van der Waals surface area contributed by atoms with Gasteiger partial charge in [0.05, 0.1) is 6.04 Å². The summed E-state index contributed by atoms with van der Waals surface area (Å²) in [6.07, 6.45) is 2.92. The maximum Gasteiger partial charge on any atom is 0.371 e. The molecule has 1 aromatic carbocycles. The van der Waals surface area contributed by atoms with E-state index in [-0.39, 0.29) is 23.5 Å². The van der Waals surface area contributed by atoms with Crippen LogP contribution >= 0.6 is 0 Å². The number of amides is 1. The van der Waals surface area contributed by atoms with Crippen molar-refractivity contribution in [1.29, 1.82) is 0 Å². The maximum absolute atomic E-state index is 12.7. The molecule has 1 aliphatic heterocycles. The van der Waals surface area contributed by atoms with E-state index in [0.717, 1.165) is 24.8 Å². The fourth-order valence-corrected chi connectivity index (χ4v) is 3.02. The van der Waals surface area contributed by atoms with Gasteiger partial charge in [-0.1, -0.05) is 29.8 Å².